The maximum atomic E-state index is 12.2. The van der Waals surface area contributed by atoms with Crippen LogP contribution in [0.3, 0.4) is 0 Å². The summed E-state index contributed by atoms with van der Waals surface area (Å²) in [5.41, 5.74) is 1.97. The number of ether oxygens (including phenoxy) is 1. The summed E-state index contributed by atoms with van der Waals surface area (Å²) in [6.45, 7) is 6.47. The van der Waals surface area contributed by atoms with Crippen LogP contribution in [0.15, 0.2) is 24.3 Å². The molecule has 0 aliphatic heterocycles. The van der Waals surface area contributed by atoms with Gasteiger partial charge in [0.2, 0.25) is 0 Å². The van der Waals surface area contributed by atoms with Crippen LogP contribution in [-0.4, -0.2) is 12.1 Å². The lowest BCUT2D eigenvalue weighted by Gasteiger charge is -2.13. The highest BCUT2D eigenvalue weighted by atomic mass is 16.5. The molecule has 0 aliphatic carbocycles. The Morgan fingerprint density at radius 3 is 1.92 bits per heavy atom. The second kappa shape index (κ2) is 14.8. The maximum absolute atomic E-state index is 12.2. The van der Waals surface area contributed by atoms with Gasteiger partial charge in [0.25, 0.3) is 0 Å². The number of unbranched alkanes of at least 4 members (excludes halogenated alkanes) is 9. The van der Waals surface area contributed by atoms with Crippen LogP contribution in [0.4, 0.5) is 0 Å². The van der Waals surface area contributed by atoms with Gasteiger partial charge < -0.3 is 4.74 Å². The Morgan fingerprint density at radius 2 is 1.35 bits per heavy atom. The molecule has 0 saturated heterocycles. The fourth-order valence-corrected chi connectivity index (χ4v) is 3.24. The molecule has 26 heavy (non-hydrogen) atoms. The van der Waals surface area contributed by atoms with Crippen molar-refractivity contribution in [2.45, 2.75) is 110 Å². The number of rotatable bonds is 15. The standard InChI is InChI=1S/C24H40O2/c1-4-6-8-9-10-11-12-13-14-15-21(3)26-24(25)23-19-17-22(18-20-23)16-7-5-2/h17-21H,4-16H2,1-3H3. The molecular formula is C24H40O2. The zero-order valence-corrected chi connectivity index (χ0v) is 17.4. The quantitative estimate of drug-likeness (QED) is 0.239. The van der Waals surface area contributed by atoms with Crippen LogP contribution in [0.25, 0.3) is 0 Å². The van der Waals surface area contributed by atoms with E-state index in [2.05, 4.69) is 26.0 Å². The highest BCUT2D eigenvalue weighted by Crippen LogP contribution is 2.14. The second-order valence-corrected chi connectivity index (χ2v) is 7.63. The lowest BCUT2D eigenvalue weighted by atomic mass is 10.1. The van der Waals surface area contributed by atoms with Crippen molar-refractivity contribution in [3.05, 3.63) is 35.4 Å². The van der Waals surface area contributed by atoms with E-state index in [-0.39, 0.29) is 12.1 Å². The number of esters is 1. The van der Waals surface area contributed by atoms with E-state index in [4.69, 9.17) is 4.74 Å². The third-order valence-corrected chi connectivity index (χ3v) is 5.03. The molecule has 1 atom stereocenters. The van der Waals surface area contributed by atoms with Gasteiger partial charge in [0.05, 0.1) is 11.7 Å². The van der Waals surface area contributed by atoms with Crippen molar-refractivity contribution in [2.75, 3.05) is 0 Å². The first kappa shape index (κ1) is 22.7. The zero-order valence-electron chi connectivity index (χ0n) is 17.4. The van der Waals surface area contributed by atoms with Crippen molar-refractivity contribution in [3.8, 4) is 0 Å². The van der Waals surface area contributed by atoms with E-state index in [1.165, 1.54) is 69.8 Å². The molecule has 0 spiro atoms. The first-order valence-electron chi connectivity index (χ1n) is 11.0. The minimum Gasteiger partial charge on any atom is -0.459 e. The fourth-order valence-electron chi connectivity index (χ4n) is 3.24. The van der Waals surface area contributed by atoms with Gasteiger partial charge in [0, 0.05) is 0 Å². The second-order valence-electron chi connectivity index (χ2n) is 7.63. The Bertz CT molecular complexity index is 464. The Morgan fingerprint density at radius 1 is 0.808 bits per heavy atom. The fraction of sp³-hybridized carbons (Fsp3) is 0.708. The molecule has 2 nitrogen and oxygen atoms in total. The van der Waals surface area contributed by atoms with Gasteiger partial charge in [-0.25, -0.2) is 4.79 Å². The molecule has 0 heterocycles. The molecule has 0 saturated carbocycles. The molecule has 0 amide bonds. The van der Waals surface area contributed by atoms with E-state index in [1.54, 1.807) is 0 Å². The van der Waals surface area contributed by atoms with Crippen LogP contribution in [-0.2, 0) is 11.2 Å². The summed E-state index contributed by atoms with van der Waals surface area (Å²) in [4.78, 5) is 12.2. The Labute approximate surface area is 161 Å². The summed E-state index contributed by atoms with van der Waals surface area (Å²) >= 11 is 0. The summed E-state index contributed by atoms with van der Waals surface area (Å²) in [5.74, 6) is -0.185. The number of aryl methyl sites for hydroxylation is 1. The van der Waals surface area contributed by atoms with Crippen LogP contribution in [0.1, 0.15) is 114 Å². The third-order valence-electron chi connectivity index (χ3n) is 5.03. The van der Waals surface area contributed by atoms with Crippen LogP contribution >= 0.6 is 0 Å². The molecular weight excluding hydrogens is 320 g/mol. The molecule has 0 N–H and O–H groups in total. The lowest BCUT2D eigenvalue weighted by molar-refractivity contribution is 0.0319. The zero-order chi connectivity index (χ0) is 19.0. The summed E-state index contributed by atoms with van der Waals surface area (Å²) in [6, 6.07) is 7.91. The van der Waals surface area contributed by atoms with Crippen molar-refractivity contribution in [1.29, 1.82) is 0 Å². The Hall–Kier alpha value is -1.31. The Balaban J connectivity index is 2.12. The lowest BCUT2D eigenvalue weighted by Crippen LogP contribution is -2.15. The smallest absolute Gasteiger partial charge is 0.338 e. The topological polar surface area (TPSA) is 26.3 Å². The van der Waals surface area contributed by atoms with Crippen LogP contribution in [0.5, 0.6) is 0 Å². The van der Waals surface area contributed by atoms with Crippen molar-refractivity contribution in [3.63, 3.8) is 0 Å². The van der Waals surface area contributed by atoms with Gasteiger partial charge in [-0.15, -0.1) is 0 Å². The number of carbonyl (C=O) groups is 1. The van der Waals surface area contributed by atoms with Crippen LogP contribution in [0.2, 0.25) is 0 Å². The van der Waals surface area contributed by atoms with Crippen molar-refractivity contribution >= 4 is 5.97 Å². The van der Waals surface area contributed by atoms with E-state index in [0.29, 0.717) is 5.56 Å². The summed E-state index contributed by atoms with van der Waals surface area (Å²) in [6.07, 6.45) is 16.4. The van der Waals surface area contributed by atoms with Crippen molar-refractivity contribution < 1.29 is 9.53 Å². The molecule has 1 rings (SSSR count). The summed E-state index contributed by atoms with van der Waals surface area (Å²) < 4.78 is 5.59. The van der Waals surface area contributed by atoms with Gasteiger partial charge in [-0.1, -0.05) is 83.8 Å². The monoisotopic (exact) mass is 360 g/mol. The SMILES string of the molecule is CCCCCCCCCCCC(C)OC(=O)c1ccc(CCCC)cc1. The van der Waals surface area contributed by atoms with Crippen molar-refractivity contribution in [2.24, 2.45) is 0 Å². The molecule has 0 aliphatic rings. The number of hydrogen-bond acceptors (Lipinski definition) is 2. The third kappa shape index (κ3) is 10.6. The van der Waals surface area contributed by atoms with Gasteiger partial charge in [0.1, 0.15) is 0 Å². The van der Waals surface area contributed by atoms with E-state index in [0.717, 1.165) is 19.3 Å². The average molecular weight is 361 g/mol. The molecule has 1 unspecified atom stereocenters. The summed E-state index contributed by atoms with van der Waals surface area (Å²) in [5, 5.41) is 0. The number of benzene rings is 1. The predicted molar refractivity (Wildman–Crippen MR) is 112 cm³/mol. The molecule has 0 bridgehead atoms. The minimum absolute atomic E-state index is 0.00632. The van der Waals surface area contributed by atoms with Gasteiger partial charge in [0.15, 0.2) is 0 Å². The first-order valence-corrected chi connectivity index (χ1v) is 11.0. The first-order chi connectivity index (χ1) is 12.7. The largest absolute Gasteiger partial charge is 0.459 e. The van der Waals surface area contributed by atoms with Gasteiger partial charge in [-0.2, -0.15) is 0 Å². The average Bonchev–Trinajstić information content (AvgIpc) is 2.65. The maximum Gasteiger partial charge on any atom is 0.338 e. The molecule has 0 aromatic heterocycles. The van der Waals surface area contributed by atoms with Gasteiger partial charge in [-0.05, 0) is 50.3 Å². The van der Waals surface area contributed by atoms with E-state index < -0.39 is 0 Å². The number of carbonyl (C=O) groups excluding carboxylic acids is 1. The van der Waals surface area contributed by atoms with E-state index in [1.807, 2.05) is 19.1 Å². The highest BCUT2D eigenvalue weighted by Gasteiger charge is 2.11. The highest BCUT2D eigenvalue weighted by molar-refractivity contribution is 5.89. The van der Waals surface area contributed by atoms with Crippen LogP contribution in [0, 0.1) is 0 Å². The van der Waals surface area contributed by atoms with E-state index >= 15 is 0 Å². The summed E-state index contributed by atoms with van der Waals surface area (Å²) in [7, 11) is 0. The normalized spacial score (nSPS) is 12.1. The molecule has 1 aromatic carbocycles. The minimum atomic E-state index is -0.185. The van der Waals surface area contributed by atoms with Gasteiger partial charge in [-0.3, -0.25) is 0 Å². The molecule has 0 radical (unpaired) electrons. The van der Waals surface area contributed by atoms with Gasteiger partial charge >= 0.3 is 5.97 Å². The molecule has 2 heteroatoms. The molecule has 0 fully saturated rings. The number of hydrogen-bond donors (Lipinski definition) is 0. The predicted octanol–water partition coefficient (Wildman–Crippen LogP) is 7.50. The van der Waals surface area contributed by atoms with E-state index in [9.17, 15) is 4.79 Å². The van der Waals surface area contributed by atoms with Crippen LogP contribution < -0.4 is 0 Å². The molecule has 1 aromatic rings. The Kier molecular flexibility index (Phi) is 13.0. The molecule has 148 valence electrons. The van der Waals surface area contributed by atoms with Crippen molar-refractivity contribution in [1.82, 2.24) is 0 Å².